The van der Waals surface area contributed by atoms with E-state index in [2.05, 4.69) is 28.4 Å². The Morgan fingerprint density at radius 1 is 1.41 bits per heavy atom. The van der Waals surface area contributed by atoms with E-state index >= 15 is 0 Å². The number of methoxy groups -OCH3 is 1. The summed E-state index contributed by atoms with van der Waals surface area (Å²) in [4.78, 5) is 2.58. The number of hydrogen-bond donors (Lipinski definition) is 1. The van der Waals surface area contributed by atoms with Gasteiger partial charge in [0.15, 0.2) is 0 Å². The minimum absolute atomic E-state index is 0.679. The molecule has 92 valence electrons. The predicted molar refractivity (Wildman–Crippen MR) is 69.9 cm³/mol. The fourth-order valence-corrected chi connectivity index (χ4v) is 3.00. The number of anilines is 1. The van der Waals surface area contributed by atoms with Crippen molar-refractivity contribution in [3.8, 4) is 5.75 Å². The Bertz CT molecular complexity index is 405. The van der Waals surface area contributed by atoms with Crippen molar-refractivity contribution in [2.75, 3.05) is 31.6 Å². The van der Waals surface area contributed by atoms with E-state index in [4.69, 9.17) is 4.74 Å². The second-order valence-electron chi connectivity index (χ2n) is 4.94. The summed E-state index contributed by atoms with van der Waals surface area (Å²) in [6.07, 6.45) is 3.67. The van der Waals surface area contributed by atoms with Crippen LogP contribution >= 0.6 is 0 Å². The molecule has 0 bridgehead atoms. The van der Waals surface area contributed by atoms with Crippen LogP contribution < -0.4 is 15.0 Å². The molecule has 0 aromatic heterocycles. The average molecular weight is 232 g/mol. The van der Waals surface area contributed by atoms with Gasteiger partial charge in [-0.15, -0.1) is 0 Å². The van der Waals surface area contributed by atoms with Crippen LogP contribution in [0, 0.1) is 0 Å². The molecule has 2 heterocycles. The monoisotopic (exact) mass is 232 g/mol. The van der Waals surface area contributed by atoms with E-state index < -0.39 is 0 Å². The van der Waals surface area contributed by atoms with Crippen LogP contribution in [-0.4, -0.2) is 32.8 Å². The average Bonchev–Trinajstić information content (AvgIpc) is 2.63. The van der Waals surface area contributed by atoms with Crippen molar-refractivity contribution in [1.29, 1.82) is 0 Å². The standard InChI is InChI=1S/C14H20N2O/c1-17-13-5-6-14-11(9-13)3-4-12-10-15-7-2-8-16(12)14/h5-6,9,12,15H,2-4,7-8,10H2,1H3/t12-/m1/s1. The van der Waals surface area contributed by atoms with Crippen LogP contribution in [0.5, 0.6) is 5.75 Å². The smallest absolute Gasteiger partial charge is 0.119 e. The summed E-state index contributed by atoms with van der Waals surface area (Å²) < 4.78 is 5.31. The third-order valence-corrected chi connectivity index (χ3v) is 3.92. The van der Waals surface area contributed by atoms with E-state index in [0.29, 0.717) is 6.04 Å². The fraction of sp³-hybridized carbons (Fsp3) is 0.571. The predicted octanol–water partition coefficient (Wildman–Crippen LogP) is 1.81. The highest BCUT2D eigenvalue weighted by molar-refractivity contribution is 5.59. The summed E-state index contributed by atoms with van der Waals surface area (Å²) in [5, 5.41) is 3.53. The van der Waals surface area contributed by atoms with Crippen LogP contribution in [0.4, 0.5) is 5.69 Å². The number of nitrogens with zero attached hydrogens (tertiary/aromatic N) is 1. The molecular formula is C14H20N2O. The summed E-state index contributed by atoms with van der Waals surface area (Å²) >= 11 is 0. The largest absolute Gasteiger partial charge is 0.497 e. The van der Waals surface area contributed by atoms with Gasteiger partial charge in [-0.2, -0.15) is 0 Å². The Balaban J connectivity index is 1.94. The number of benzene rings is 1. The van der Waals surface area contributed by atoms with Gasteiger partial charge in [0, 0.05) is 24.8 Å². The Morgan fingerprint density at radius 3 is 3.24 bits per heavy atom. The highest BCUT2D eigenvalue weighted by atomic mass is 16.5. The Hall–Kier alpha value is -1.22. The zero-order chi connectivity index (χ0) is 11.7. The van der Waals surface area contributed by atoms with Crippen molar-refractivity contribution >= 4 is 5.69 Å². The summed E-state index contributed by atoms with van der Waals surface area (Å²) in [6.45, 7) is 3.46. The molecule has 1 atom stereocenters. The van der Waals surface area contributed by atoms with Gasteiger partial charge < -0.3 is 15.0 Å². The van der Waals surface area contributed by atoms with Crippen molar-refractivity contribution in [2.24, 2.45) is 0 Å². The van der Waals surface area contributed by atoms with Gasteiger partial charge in [0.05, 0.1) is 7.11 Å². The summed E-state index contributed by atoms with van der Waals surface area (Å²) in [5.41, 5.74) is 2.87. The van der Waals surface area contributed by atoms with Crippen molar-refractivity contribution in [2.45, 2.75) is 25.3 Å². The SMILES string of the molecule is COc1ccc2c(c1)CC[C@@H]1CNCCCN21. The first kappa shape index (κ1) is 10.9. The van der Waals surface area contributed by atoms with Gasteiger partial charge in [-0.05, 0) is 49.6 Å². The Labute approximate surface area is 103 Å². The molecule has 0 aliphatic carbocycles. The molecule has 17 heavy (non-hydrogen) atoms. The number of rotatable bonds is 1. The molecule has 1 aromatic rings. The molecule has 3 heteroatoms. The number of fused-ring (bicyclic) bond motifs is 3. The van der Waals surface area contributed by atoms with Crippen LogP contribution in [0.15, 0.2) is 18.2 Å². The quantitative estimate of drug-likeness (QED) is 0.799. The lowest BCUT2D eigenvalue weighted by atomic mass is 9.95. The van der Waals surface area contributed by atoms with E-state index in [1.807, 2.05) is 0 Å². The van der Waals surface area contributed by atoms with E-state index in [-0.39, 0.29) is 0 Å². The summed E-state index contributed by atoms with van der Waals surface area (Å²) in [5.74, 6) is 0.982. The first-order chi connectivity index (χ1) is 8.38. The molecule has 2 aliphatic rings. The molecule has 1 fully saturated rings. The molecule has 0 unspecified atom stereocenters. The molecule has 1 N–H and O–H groups in total. The first-order valence-corrected chi connectivity index (χ1v) is 6.53. The Morgan fingerprint density at radius 2 is 2.35 bits per heavy atom. The maximum Gasteiger partial charge on any atom is 0.119 e. The molecule has 0 spiro atoms. The minimum Gasteiger partial charge on any atom is -0.497 e. The zero-order valence-electron chi connectivity index (χ0n) is 10.4. The highest BCUT2D eigenvalue weighted by Crippen LogP contribution is 2.33. The van der Waals surface area contributed by atoms with Gasteiger partial charge in [-0.3, -0.25) is 0 Å². The van der Waals surface area contributed by atoms with Crippen molar-refractivity contribution < 1.29 is 4.74 Å². The molecule has 0 amide bonds. The molecule has 0 radical (unpaired) electrons. The van der Waals surface area contributed by atoms with Crippen LogP contribution in [0.1, 0.15) is 18.4 Å². The van der Waals surface area contributed by atoms with Crippen LogP contribution in [0.3, 0.4) is 0 Å². The molecular weight excluding hydrogens is 212 g/mol. The van der Waals surface area contributed by atoms with Gasteiger partial charge in [-0.25, -0.2) is 0 Å². The fourth-order valence-electron chi connectivity index (χ4n) is 3.00. The summed E-state index contributed by atoms with van der Waals surface area (Å²) in [6, 6.07) is 7.19. The Kier molecular flexibility index (Phi) is 2.93. The second-order valence-corrected chi connectivity index (χ2v) is 4.94. The topological polar surface area (TPSA) is 24.5 Å². The van der Waals surface area contributed by atoms with E-state index in [1.54, 1.807) is 7.11 Å². The molecule has 2 aliphatic heterocycles. The molecule has 1 aromatic carbocycles. The van der Waals surface area contributed by atoms with Gasteiger partial charge in [0.25, 0.3) is 0 Å². The molecule has 3 nitrogen and oxygen atoms in total. The van der Waals surface area contributed by atoms with Gasteiger partial charge in [0.2, 0.25) is 0 Å². The lowest BCUT2D eigenvalue weighted by Crippen LogP contribution is -2.43. The third kappa shape index (κ3) is 2.00. The maximum absolute atomic E-state index is 5.31. The van der Waals surface area contributed by atoms with E-state index in [1.165, 1.54) is 37.1 Å². The number of aryl methyl sites for hydroxylation is 1. The van der Waals surface area contributed by atoms with Crippen molar-refractivity contribution in [1.82, 2.24) is 5.32 Å². The van der Waals surface area contributed by atoms with Crippen LogP contribution in [-0.2, 0) is 6.42 Å². The lowest BCUT2D eigenvalue weighted by Gasteiger charge is -2.37. The van der Waals surface area contributed by atoms with Crippen molar-refractivity contribution in [3.63, 3.8) is 0 Å². The van der Waals surface area contributed by atoms with Gasteiger partial charge >= 0.3 is 0 Å². The van der Waals surface area contributed by atoms with E-state index in [9.17, 15) is 0 Å². The molecule has 3 rings (SSSR count). The first-order valence-electron chi connectivity index (χ1n) is 6.53. The van der Waals surface area contributed by atoms with Crippen LogP contribution in [0.25, 0.3) is 0 Å². The normalized spacial score (nSPS) is 23.6. The minimum atomic E-state index is 0.679. The lowest BCUT2D eigenvalue weighted by molar-refractivity contribution is 0.413. The second kappa shape index (κ2) is 4.57. The van der Waals surface area contributed by atoms with E-state index in [0.717, 1.165) is 18.8 Å². The molecule has 1 saturated heterocycles. The maximum atomic E-state index is 5.31. The third-order valence-electron chi connectivity index (χ3n) is 3.92. The zero-order valence-corrected chi connectivity index (χ0v) is 10.4. The summed E-state index contributed by atoms with van der Waals surface area (Å²) in [7, 11) is 1.74. The number of nitrogens with one attached hydrogen (secondary N) is 1. The number of hydrogen-bond acceptors (Lipinski definition) is 3. The van der Waals surface area contributed by atoms with Gasteiger partial charge in [0.1, 0.15) is 5.75 Å². The highest BCUT2D eigenvalue weighted by Gasteiger charge is 2.27. The number of ether oxygens (including phenoxy) is 1. The van der Waals surface area contributed by atoms with Crippen LogP contribution in [0.2, 0.25) is 0 Å². The van der Waals surface area contributed by atoms with Crippen molar-refractivity contribution in [3.05, 3.63) is 23.8 Å². The molecule has 0 saturated carbocycles. The van der Waals surface area contributed by atoms with Gasteiger partial charge in [-0.1, -0.05) is 0 Å².